The van der Waals surface area contributed by atoms with Crippen LogP contribution in [0.4, 0.5) is 0 Å². The van der Waals surface area contributed by atoms with Crippen molar-refractivity contribution in [3.8, 4) is 0 Å². The van der Waals surface area contributed by atoms with Gasteiger partial charge in [0.25, 0.3) is 0 Å². The summed E-state index contributed by atoms with van der Waals surface area (Å²) in [6, 6.07) is 8.13. The molecule has 0 atom stereocenters. The molecule has 2 N–H and O–H groups in total. The number of nitrogens with one attached hydrogen (secondary N) is 2. The van der Waals surface area contributed by atoms with Gasteiger partial charge in [-0.1, -0.05) is 18.2 Å². The maximum absolute atomic E-state index is 11.8. The molecule has 5 nitrogen and oxygen atoms in total. The van der Waals surface area contributed by atoms with E-state index in [0.717, 1.165) is 0 Å². The van der Waals surface area contributed by atoms with Crippen molar-refractivity contribution in [2.24, 2.45) is 0 Å². The van der Waals surface area contributed by atoms with Crippen LogP contribution in [0, 0.1) is 0 Å². The molecule has 0 saturated carbocycles. The topological polar surface area (TPSA) is 75.3 Å². The van der Waals surface area contributed by atoms with Crippen LogP contribution in [-0.2, 0) is 14.8 Å². The Morgan fingerprint density at radius 3 is 2.39 bits per heavy atom. The van der Waals surface area contributed by atoms with Crippen molar-refractivity contribution in [1.82, 2.24) is 10.0 Å². The highest BCUT2D eigenvalue weighted by Crippen LogP contribution is 2.06. The molecule has 0 unspecified atom stereocenters. The third-order valence-corrected chi connectivity index (χ3v) is 3.62. The maximum Gasteiger partial charge on any atom is 0.240 e. The lowest BCUT2D eigenvalue weighted by atomic mass is 10.3. The molecule has 0 aliphatic carbocycles. The zero-order valence-corrected chi connectivity index (χ0v) is 11.3. The monoisotopic (exact) mass is 270 g/mol. The molecule has 1 rings (SSSR count). The van der Waals surface area contributed by atoms with Gasteiger partial charge < -0.3 is 5.32 Å². The molecule has 1 aromatic carbocycles. The summed E-state index contributed by atoms with van der Waals surface area (Å²) in [6.07, 6.45) is 0.129. The van der Waals surface area contributed by atoms with E-state index in [1.165, 1.54) is 12.1 Å². The first-order valence-electron chi connectivity index (χ1n) is 5.76. The Bertz CT molecular complexity index is 483. The van der Waals surface area contributed by atoms with Crippen molar-refractivity contribution in [2.75, 3.05) is 6.54 Å². The first-order chi connectivity index (χ1) is 8.42. The molecule has 100 valence electrons. The molecule has 0 aliphatic rings. The summed E-state index contributed by atoms with van der Waals surface area (Å²) in [7, 11) is -3.51. The summed E-state index contributed by atoms with van der Waals surface area (Å²) in [5.41, 5.74) is 0. The fourth-order valence-corrected chi connectivity index (χ4v) is 2.43. The van der Waals surface area contributed by atoms with Gasteiger partial charge in [0.15, 0.2) is 0 Å². The Hall–Kier alpha value is -1.40. The number of hydrogen-bond donors (Lipinski definition) is 2. The molecule has 0 fully saturated rings. The lowest BCUT2D eigenvalue weighted by Gasteiger charge is -2.09. The van der Waals surface area contributed by atoms with Crippen molar-refractivity contribution in [3.63, 3.8) is 0 Å². The molecule has 0 aliphatic heterocycles. The van der Waals surface area contributed by atoms with Crippen LogP contribution < -0.4 is 10.0 Å². The number of carbonyl (C=O) groups excluding carboxylic acids is 1. The number of sulfonamides is 1. The van der Waals surface area contributed by atoms with Crippen LogP contribution in [0.3, 0.4) is 0 Å². The predicted molar refractivity (Wildman–Crippen MR) is 69.5 cm³/mol. The van der Waals surface area contributed by atoms with Gasteiger partial charge in [-0.05, 0) is 26.0 Å². The van der Waals surface area contributed by atoms with Crippen LogP contribution in [0.1, 0.15) is 20.3 Å². The molecule has 0 aromatic heterocycles. The van der Waals surface area contributed by atoms with Gasteiger partial charge in [-0.3, -0.25) is 4.79 Å². The standard InChI is InChI=1S/C12H18N2O3S/c1-10(2)14-12(15)8-9-13-18(16,17)11-6-4-3-5-7-11/h3-7,10,13H,8-9H2,1-2H3,(H,14,15). The summed E-state index contributed by atoms with van der Waals surface area (Å²) in [5, 5.41) is 2.70. The van der Waals surface area contributed by atoms with Gasteiger partial charge in [-0.25, -0.2) is 13.1 Å². The van der Waals surface area contributed by atoms with Crippen LogP contribution in [0.25, 0.3) is 0 Å². The molecular weight excluding hydrogens is 252 g/mol. The summed E-state index contributed by atoms with van der Waals surface area (Å²) in [4.78, 5) is 11.5. The normalized spacial score (nSPS) is 11.5. The number of rotatable bonds is 6. The fraction of sp³-hybridized carbons (Fsp3) is 0.417. The van der Waals surface area contributed by atoms with E-state index in [2.05, 4.69) is 10.0 Å². The average Bonchev–Trinajstić information content (AvgIpc) is 2.29. The van der Waals surface area contributed by atoms with Gasteiger partial charge in [-0.2, -0.15) is 0 Å². The van der Waals surface area contributed by atoms with Crippen molar-refractivity contribution in [1.29, 1.82) is 0 Å². The van der Waals surface area contributed by atoms with Crippen LogP contribution in [0.15, 0.2) is 35.2 Å². The quantitative estimate of drug-likeness (QED) is 0.805. The lowest BCUT2D eigenvalue weighted by molar-refractivity contribution is -0.121. The van der Waals surface area contributed by atoms with Gasteiger partial charge >= 0.3 is 0 Å². The zero-order chi connectivity index (χ0) is 13.6. The minimum Gasteiger partial charge on any atom is -0.354 e. The van der Waals surface area contributed by atoms with Gasteiger partial charge in [0.2, 0.25) is 15.9 Å². The van der Waals surface area contributed by atoms with Crippen LogP contribution in [-0.4, -0.2) is 26.9 Å². The van der Waals surface area contributed by atoms with E-state index in [9.17, 15) is 13.2 Å². The van der Waals surface area contributed by atoms with Crippen molar-refractivity contribution in [2.45, 2.75) is 31.2 Å². The molecule has 1 amide bonds. The van der Waals surface area contributed by atoms with Crippen molar-refractivity contribution in [3.05, 3.63) is 30.3 Å². The molecule has 1 aromatic rings. The highest BCUT2D eigenvalue weighted by atomic mass is 32.2. The van der Waals surface area contributed by atoms with Gasteiger partial charge in [-0.15, -0.1) is 0 Å². The molecule has 0 radical (unpaired) electrons. The lowest BCUT2D eigenvalue weighted by Crippen LogP contribution is -2.34. The van der Waals surface area contributed by atoms with Crippen molar-refractivity contribution < 1.29 is 13.2 Å². The molecule has 6 heteroatoms. The maximum atomic E-state index is 11.8. The van der Waals surface area contributed by atoms with E-state index >= 15 is 0 Å². The van der Waals surface area contributed by atoms with Crippen LogP contribution in [0.5, 0.6) is 0 Å². The third-order valence-electron chi connectivity index (χ3n) is 2.15. The molecular formula is C12H18N2O3S. The van der Waals surface area contributed by atoms with E-state index < -0.39 is 10.0 Å². The Kier molecular flexibility index (Phi) is 5.30. The predicted octanol–water partition coefficient (Wildman–Crippen LogP) is 0.880. The average molecular weight is 270 g/mol. The highest BCUT2D eigenvalue weighted by molar-refractivity contribution is 7.89. The molecule has 0 spiro atoms. The Morgan fingerprint density at radius 2 is 1.83 bits per heavy atom. The number of carbonyl (C=O) groups is 1. The highest BCUT2D eigenvalue weighted by Gasteiger charge is 2.13. The Balaban J connectivity index is 2.47. The summed E-state index contributed by atoms with van der Waals surface area (Å²) >= 11 is 0. The smallest absolute Gasteiger partial charge is 0.240 e. The molecule has 0 heterocycles. The Labute approximate surface area is 108 Å². The number of amides is 1. The minimum atomic E-state index is -3.51. The molecule has 0 saturated heterocycles. The number of benzene rings is 1. The van der Waals surface area contributed by atoms with E-state index in [0.29, 0.717) is 0 Å². The summed E-state index contributed by atoms with van der Waals surface area (Å²) < 4.78 is 26.0. The minimum absolute atomic E-state index is 0.0585. The van der Waals surface area contributed by atoms with Crippen molar-refractivity contribution >= 4 is 15.9 Å². The summed E-state index contributed by atoms with van der Waals surface area (Å²) in [6.45, 7) is 3.80. The molecule has 18 heavy (non-hydrogen) atoms. The Morgan fingerprint density at radius 1 is 1.22 bits per heavy atom. The largest absolute Gasteiger partial charge is 0.354 e. The van der Waals surface area contributed by atoms with E-state index in [1.54, 1.807) is 18.2 Å². The third kappa shape index (κ3) is 4.85. The first-order valence-corrected chi connectivity index (χ1v) is 7.24. The molecule has 0 bridgehead atoms. The number of hydrogen-bond acceptors (Lipinski definition) is 3. The van der Waals surface area contributed by atoms with Gasteiger partial charge in [0.1, 0.15) is 0 Å². The van der Waals surface area contributed by atoms with E-state index in [-0.39, 0.29) is 29.8 Å². The zero-order valence-electron chi connectivity index (χ0n) is 10.5. The first kappa shape index (κ1) is 14.7. The summed E-state index contributed by atoms with van der Waals surface area (Å²) in [5.74, 6) is -0.166. The van der Waals surface area contributed by atoms with Crippen LogP contribution >= 0.6 is 0 Å². The van der Waals surface area contributed by atoms with E-state index in [1.807, 2.05) is 13.8 Å². The fourth-order valence-electron chi connectivity index (χ4n) is 1.38. The van der Waals surface area contributed by atoms with Crippen LogP contribution in [0.2, 0.25) is 0 Å². The van der Waals surface area contributed by atoms with E-state index in [4.69, 9.17) is 0 Å². The second-order valence-corrected chi connectivity index (χ2v) is 5.95. The van der Waals surface area contributed by atoms with Gasteiger partial charge in [0.05, 0.1) is 4.90 Å². The van der Waals surface area contributed by atoms with Gasteiger partial charge in [0, 0.05) is 19.0 Å². The second-order valence-electron chi connectivity index (χ2n) is 4.18. The second kappa shape index (κ2) is 6.51. The SMILES string of the molecule is CC(C)NC(=O)CCNS(=O)(=O)c1ccccc1.